The maximum absolute atomic E-state index is 12.3. The average Bonchev–Trinajstić information content (AvgIpc) is 2.04. The Hall–Kier alpha value is -1.23. The van der Waals surface area contributed by atoms with Crippen LogP contribution in [0, 0.1) is 0 Å². The summed E-state index contributed by atoms with van der Waals surface area (Å²) in [6.07, 6.45) is -4.32. The topological polar surface area (TPSA) is 24.1 Å². The number of halogens is 3. The maximum Gasteiger partial charge on any atom is 0.418 e. The van der Waals surface area contributed by atoms with Crippen molar-refractivity contribution >= 4 is 5.69 Å². The molecule has 0 spiro atoms. The summed E-state index contributed by atoms with van der Waals surface area (Å²) in [6.45, 7) is 0. The average molecular weight is 190 g/mol. The summed E-state index contributed by atoms with van der Waals surface area (Å²) in [7, 11) is 1.51. The molecule has 0 bridgehead atoms. The molecule has 0 heterocycles. The zero-order valence-electron chi connectivity index (χ0n) is 6.94. The number of alkyl halides is 3. The van der Waals surface area contributed by atoms with E-state index < -0.39 is 11.7 Å². The van der Waals surface area contributed by atoms with Crippen molar-refractivity contribution < 1.29 is 13.2 Å². The van der Waals surface area contributed by atoms with Crippen molar-refractivity contribution in [3.63, 3.8) is 0 Å². The Labute approximate surface area is 73.7 Å². The van der Waals surface area contributed by atoms with E-state index in [-0.39, 0.29) is 5.69 Å². The van der Waals surface area contributed by atoms with Gasteiger partial charge in [-0.05, 0) is 12.1 Å². The Morgan fingerprint density at radius 1 is 1.15 bits per heavy atom. The van der Waals surface area contributed by atoms with E-state index in [0.717, 1.165) is 6.07 Å². The van der Waals surface area contributed by atoms with Crippen molar-refractivity contribution in [2.75, 3.05) is 12.5 Å². The van der Waals surface area contributed by atoms with Crippen LogP contribution >= 0.6 is 0 Å². The summed E-state index contributed by atoms with van der Waals surface area (Å²) in [5, 5.41) is 0. The smallest absolute Gasteiger partial charge is 0.321 e. The Bertz CT molecular complexity index is 283. The molecule has 0 saturated carbocycles. The number of hydrogen-bond acceptors (Lipinski definition) is 2. The van der Waals surface area contributed by atoms with Crippen LogP contribution in [-0.2, 0) is 6.18 Å². The van der Waals surface area contributed by atoms with Gasteiger partial charge in [-0.25, -0.2) is 5.43 Å². The fourth-order valence-electron chi connectivity index (χ4n) is 0.974. The first-order valence-corrected chi connectivity index (χ1v) is 3.64. The maximum atomic E-state index is 12.3. The van der Waals surface area contributed by atoms with E-state index in [4.69, 9.17) is 0 Å². The molecule has 1 aromatic rings. The second-order valence-electron chi connectivity index (χ2n) is 2.42. The van der Waals surface area contributed by atoms with Gasteiger partial charge in [0.05, 0.1) is 11.3 Å². The number of rotatable bonds is 2. The fraction of sp³-hybridized carbons (Fsp3) is 0.250. The quantitative estimate of drug-likeness (QED) is 0.699. The van der Waals surface area contributed by atoms with Crippen LogP contribution in [0.2, 0.25) is 0 Å². The molecule has 2 N–H and O–H groups in total. The van der Waals surface area contributed by atoms with E-state index >= 15 is 0 Å². The summed E-state index contributed by atoms with van der Waals surface area (Å²) >= 11 is 0. The summed E-state index contributed by atoms with van der Waals surface area (Å²) in [4.78, 5) is 0. The van der Waals surface area contributed by atoms with E-state index in [1.165, 1.54) is 25.2 Å². The minimum Gasteiger partial charge on any atom is -0.321 e. The molecule has 0 unspecified atom stereocenters. The van der Waals surface area contributed by atoms with E-state index in [2.05, 4.69) is 10.9 Å². The lowest BCUT2D eigenvalue weighted by molar-refractivity contribution is -0.137. The third-order valence-electron chi connectivity index (χ3n) is 1.49. The van der Waals surface area contributed by atoms with Crippen LogP contribution in [0.4, 0.5) is 18.9 Å². The van der Waals surface area contributed by atoms with Gasteiger partial charge in [-0.2, -0.15) is 13.2 Å². The lowest BCUT2D eigenvalue weighted by Gasteiger charge is -2.12. The monoisotopic (exact) mass is 190 g/mol. The van der Waals surface area contributed by atoms with Crippen LogP contribution in [0.15, 0.2) is 24.3 Å². The van der Waals surface area contributed by atoms with Crippen LogP contribution < -0.4 is 10.9 Å². The summed E-state index contributed by atoms with van der Waals surface area (Å²) in [5.74, 6) is 0. The zero-order valence-corrected chi connectivity index (χ0v) is 6.94. The molecule has 0 saturated heterocycles. The zero-order chi connectivity index (χ0) is 9.90. The third-order valence-corrected chi connectivity index (χ3v) is 1.49. The number of hydrogen-bond donors (Lipinski definition) is 2. The highest BCUT2D eigenvalue weighted by atomic mass is 19.4. The van der Waals surface area contributed by atoms with E-state index in [1.807, 2.05) is 0 Å². The summed E-state index contributed by atoms with van der Waals surface area (Å²) in [5.41, 5.74) is 4.21. The Kier molecular flexibility index (Phi) is 2.77. The van der Waals surface area contributed by atoms with Gasteiger partial charge in [0.1, 0.15) is 0 Å². The normalized spacial score (nSPS) is 11.4. The molecule has 0 aromatic heterocycles. The second-order valence-corrected chi connectivity index (χ2v) is 2.42. The Morgan fingerprint density at radius 2 is 1.77 bits per heavy atom. The van der Waals surface area contributed by atoms with Crippen LogP contribution in [0.25, 0.3) is 0 Å². The highest BCUT2D eigenvalue weighted by Crippen LogP contribution is 2.33. The lowest BCUT2D eigenvalue weighted by atomic mass is 10.2. The van der Waals surface area contributed by atoms with Crippen molar-refractivity contribution in [1.82, 2.24) is 5.43 Å². The minimum atomic E-state index is -4.32. The van der Waals surface area contributed by atoms with Gasteiger partial charge in [-0.3, -0.25) is 0 Å². The number of benzene rings is 1. The molecule has 2 nitrogen and oxygen atoms in total. The fourth-order valence-corrected chi connectivity index (χ4v) is 0.974. The van der Waals surface area contributed by atoms with Gasteiger partial charge in [0.2, 0.25) is 0 Å². The standard InChI is InChI=1S/C8H9F3N2/c1-12-13-7-5-3-2-4-6(7)8(9,10)11/h2-5,12-13H,1H3. The molecule has 0 aliphatic rings. The summed E-state index contributed by atoms with van der Waals surface area (Å²) in [6, 6.07) is 5.28. The second kappa shape index (κ2) is 3.66. The van der Waals surface area contributed by atoms with Crippen LogP contribution in [0.5, 0.6) is 0 Å². The van der Waals surface area contributed by atoms with Crippen molar-refractivity contribution in [2.24, 2.45) is 0 Å². The highest BCUT2D eigenvalue weighted by Gasteiger charge is 2.32. The third kappa shape index (κ3) is 2.35. The van der Waals surface area contributed by atoms with E-state index in [0.29, 0.717) is 0 Å². The van der Waals surface area contributed by atoms with Crippen molar-refractivity contribution in [1.29, 1.82) is 0 Å². The van der Waals surface area contributed by atoms with Gasteiger partial charge < -0.3 is 5.43 Å². The first-order chi connectivity index (χ1) is 6.05. The predicted molar refractivity (Wildman–Crippen MR) is 44.1 cm³/mol. The SMILES string of the molecule is CNNc1ccccc1C(F)(F)F. The molecule has 0 fully saturated rings. The molecule has 0 atom stereocenters. The van der Waals surface area contributed by atoms with Gasteiger partial charge >= 0.3 is 6.18 Å². The number of para-hydroxylation sites is 1. The highest BCUT2D eigenvalue weighted by molar-refractivity contribution is 5.51. The van der Waals surface area contributed by atoms with Crippen LogP contribution in [-0.4, -0.2) is 7.05 Å². The molecule has 72 valence electrons. The van der Waals surface area contributed by atoms with Gasteiger partial charge in [-0.15, -0.1) is 0 Å². The van der Waals surface area contributed by atoms with Crippen molar-refractivity contribution in [3.8, 4) is 0 Å². The number of hydrazine groups is 1. The van der Waals surface area contributed by atoms with E-state index in [1.54, 1.807) is 0 Å². The van der Waals surface area contributed by atoms with Crippen molar-refractivity contribution in [2.45, 2.75) is 6.18 Å². The first kappa shape index (κ1) is 9.85. The molecule has 0 aliphatic carbocycles. The molecule has 13 heavy (non-hydrogen) atoms. The summed E-state index contributed by atoms with van der Waals surface area (Å²) < 4.78 is 36.9. The molecular weight excluding hydrogens is 181 g/mol. The minimum absolute atomic E-state index is 0.0255. The molecule has 0 amide bonds. The van der Waals surface area contributed by atoms with Gasteiger partial charge in [0, 0.05) is 7.05 Å². The molecule has 1 rings (SSSR count). The lowest BCUT2D eigenvalue weighted by Crippen LogP contribution is -2.19. The molecule has 5 heteroatoms. The molecule has 0 radical (unpaired) electrons. The van der Waals surface area contributed by atoms with Gasteiger partial charge in [0.25, 0.3) is 0 Å². The first-order valence-electron chi connectivity index (χ1n) is 3.64. The predicted octanol–water partition coefficient (Wildman–Crippen LogP) is 2.25. The molecule has 1 aromatic carbocycles. The van der Waals surface area contributed by atoms with Crippen LogP contribution in [0.3, 0.4) is 0 Å². The number of anilines is 1. The van der Waals surface area contributed by atoms with Gasteiger partial charge in [0.15, 0.2) is 0 Å². The molecule has 0 aliphatic heterocycles. The Balaban J connectivity index is 3.05. The van der Waals surface area contributed by atoms with Crippen molar-refractivity contribution in [3.05, 3.63) is 29.8 Å². The van der Waals surface area contributed by atoms with Crippen LogP contribution in [0.1, 0.15) is 5.56 Å². The Morgan fingerprint density at radius 3 is 2.31 bits per heavy atom. The largest absolute Gasteiger partial charge is 0.418 e. The number of nitrogens with one attached hydrogen (secondary N) is 2. The van der Waals surface area contributed by atoms with E-state index in [9.17, 15) is 13.2 Å². The van der Waals surface area contributed by atoms with Gasteiger partial charge in [-0.1, -0.05) is 12.1 Å². The molecular formula is C8H9F3N2.